The standard InChI is InChI=1S/C19H20N2O4/c1-12-10-13(4-6-16(12)21-8-2-3-9-21)18(23)20-14-5-7-17(22)15(11-14)19(24)25/h4-7,10-11,22H,2-3,8-9H2,1H3,(H,20,23)(H,24,25). The summed E-state index contributed by atoms with van der Waals surface area (Å²) >= 11 is 0. The van der Waals surface area contributed by atoms with Crippen molar-refractivity contribution in [1.82, 2.24) is 0 Å². The smallest absolute Gasteiger partial charge is 0.339 e. The molecule has 6 nitrogen and oxygen atoms in total. The quantitative estimate of drug-likeness (QED) is 0.743. The molecule has 1 aliphatic rings. The maximum atomic E-state index is 12.4. The van der Waals surface area contributed by atoms with Gasteiger partial charge in [0.25, 0.3) is 5.91 Å². The largest absolute Gasteiger partial charge is 0.507 e. The Hall–Kier alpha value is -3.02. The number of carboxylic acid groups (broad SMARTS) is 1. The molecule has 2 aromatic carbocycles. The van der Waals surface area contributed by atoms with Crippen LogP contribution in [0.5, 0.6) is 5.75 Å². The van der Waals surface area contributed by atoms with Gasteiger partial charge < -0.3 is 20.4 Å². The molecule has 1 saturated heterocycles. The maximum Gasteiger partial charge on any atom is 0.339 e. The lowest BCUT2D eigenvalue weighted by Gasteiger charge is -2.20. The second kappa shape index (κ2) is 6.84. The van der Waals surface area contributed by atoms with Crippen molar-refractivity contribution in [3.05, 3.63) is 53.1 Å². The van der Waals surface area contributed by atoms with E-state index in [1.54, 1.807) is 6.07 Å². The molecule has 1 fully saturated rings. The van der Waals surface area contributed by atoms with Crippen molar-refractivity contribution in [3.8, 4) is 5.75 Å². The predicted molar refractivity (Wildman–Crippen MR) is 95.6 cm³/mol. The molecule has 3 rings (SSSR count). The van der Waals surface area contributed by atoms with Crippen molar-refractivity contribution in [2.24, 2.45) is 0 Å². The van der Waals surface area contributed by atoms with Gasteiger partial charge in [0.05, 0.1) is 0 Å². The minimum absolute atomic E-state index is 0.252. The Morgan fingerprint density at radius 2 is 1.80 bits per heavy atom. The fraction of sp³-hybridized carbons (Fsp3) is 0.263. The highest BCUT2D eigenvalue weighted by Gasteiger charge is 2.16. The lowest BCUT2D eigenvalue weighted by Crippen LogP contribution is -2.19. The number of amides is 1. The summed E-state index contributed by atoms with van der Waals surface area (Å²) in [6, 6.07) is 9.51. The second-order valence-electron chi connectivity index (χ2n) is 6.19. The van der Waals surface area contributed by atoms with Gasteiger partial charge in [0, 0.05) is 30.0 Å². The first kappa shape index (κ1) is 16.8. The van der Waals surface area contributed by atoms with Crippen LogP contribution in [0.25, 0.3) is 0 Å². The molecule has 130 valence electrons. The van der Waals surface area contributed by atoms with Gasteiger partial charge in [-0.15, -0.1) is 0 Å². The van der Waals surface area contributed by atoms with E-state index in [0.717, 1.165) is 24.3 Å². The summed E-state index contributed by atoms with van der Waals surface area (Å²) in [5.74, 6) is -1.91. The van der Waals surface area contributed by atoms with Crippen LogP contribution in [0.1, 0.15) is 39.1 Å². The van der Waals surface area contributed by atoms with Crippen molar-refractivity contribution < 1.29 is 19.8 Å². The van der Waals surface area contributed by atoms with Gasteiger partial charge in [-0.2, -0.15) is 0 Å². The zero-order valence-electron chi connectivity index (χ0n) is 14.0. The Bertz CT molecular complexity index is 826. The third kappa shape index (κ3) is 3.57. The molecule has 2 aromatic rings. The third-order valence-corrected chi connectivity index (χ3v) is 4.39. The van der Waals surface area contributed by atoms with Gasteiger partial charge in [-0.1, -0.05) is 0 Å². The van der Waals surface area contributed by atoms with E-state index in [9.17, 15) is 14.7 Å². The summed E-state index contributed by atoms with van der Waals surface area (Å²) in [4.78, 5) is 25.8. The van der Waals surface area contributed by atoms with E-state index in [4.69, 9.17) is 5.11 Å². The molecule has 0 spiro atoms. The number of carboxylic acids is 1. The van der Waals surface area contributed by atoms with Crippen molar-refractivity contribution in [2.45, 2.75) is 19.8 Å². The molecule has 0 aromatic heterocycles. The van der Waals surface area contributed by atoms with Crippen molar-refractivity contribution in [1.29, 1.82) is 0 Å². The molecule has 0 bridgehead atoms. The van der Waals surface area contributed by atoms with Gasteiger partial charge in [0.2, 0.25) is 0 Å². The number of phenols is 1. The number of hydrogen-bond donors (Lipinski definition) is 3. The highest BCUT2D eigenvalue weighted by atomic mass is 16.4. The van der Waals surface area contributed by atoms with Gasteiger partial charge in [-0.25, -0.2) is 4.79 Å². The topological polar surface area (TPSA) is 89.9 Å². The first-order valence-electron chi connectivity index (χ1n) is 8.19. The van der Waals surface area contributed by atoms with Crippen LogP contribution < -0.4 is 10.2 Å². The summed E-state index contributed by atoms with van der Waals surface area (Å²) in [6.07, 6.45) is 2.38. The summed E-state index contributed by atoms with van der Waals surface area (Å²) in [5, 5.41) is 21.2. The number of anilines is 2. The van der Waals surface area contributed by atoms with Crippen LogP contribution in [0.2, 0.25) is 0 Å². The Morgan fingerprint density at radius 1 is 1.08 bits per heavy atom. The SMILES string of the molecule is Cc1cc(C(=O)Nc2ccc(O)c(C(=O)O)c2)ccc1N1CCCC1. The molecule has 0 aliphatic carbocycles. The van der Waals surface area contributed by atoms with Crippen LogP contribution in [0.15, 0.2) is 36.4 Å². The lowest BCUT2D eigenvalue weighted by atomic mass is 10.1. The molecule has 3 N–H and O–H groups in total. The summed E-state index contributed by atoms with van der Waals surface area (Å²) in [6.45, 7) is 4.06. The number of aromatic carboxylic acids is 1. The molecule has 0 saturated carbocycles. The molecule has 1 amide bonds. The van der Waals surface area contributed by atoms with Crippen LogP contribution in [0.4, 0.5) is 11.4 Å². The van der Waals surface area contributed by atoms with E-state index in [1.165, 1.54) is 31.0 Å². The number of aryl methyl sites for hydroxylation is 1. The van der Waals surface area contributed by atoms with Crippen molar-refractivity contribution >= 4 is 23.3 Å². The van der Waals surface area contributed by atoms with Crippen molar-refractivity contribution in [2.75, 3.05) is 23.3 Å². The summed E-state index contributed by atoms with van der Waals surface area (Å²) < 4.78 is 0. The molecule has 6 heteroatoms. The summed E-state index contributed by atoms with van der Waals surface area (Å²) in [7, 11) is 0. The van der Waals surface area contributed by atoms with E-state index in [-0.39, 0.29) is 17.2 Å². The number of rotatable bonds is 4. The Kier molecular flexibility index (Phi) is 4.61. The molecule has 1 aliphatic heterocycles. The van der Waals surface area contributed by atoms with Gasteiger partial charge >= 0.3 is 5.97 Å². The van der Waals surface area contributed by atoms with E-state index in [1.807, 2.05) is 19.1 Å². The zero-order chi connectivity index (χ0) is 18.0. The normalized spacial score (nSPS) is 13.7. The van der Waals surface area contributed by atoms with Crippen LogP contribution >= 0.6 is 0 Å². The molecule has 0 radical (unpaired) electrons. The van der Waals surface area contributed by atoms with E-state index < -0.39 is 5.97 Å². The molecular weight excluding hydrogens is 320 g/mol. The number of hydrogen-bond acceptors (Lipinski definition) is 4. The highest BCUT2D eigenvalue weighted by Crippen LogP contribution is 2.26. The summed E-state index contributed by atoms with van der Waals surface area (Å²) in [5.41, 5.74) is 2.75. The monoisotopic (exact) mass is 340 g/mol. The number of carbonyl (C=O) groups is 2. The average Bonchev–Trinajstić information content (AvgIpc) is 3.10. The van der Waals surface area contributed by atoms with Crippen LogP contribution in [-0.4, -0.2) is 35.2 Å². The predicted octanol–water partition coefficient (Wildman–Crippen LogP) is 3.25. The van der Waals surface area contributed by atoms with Crippen LogP contribution in [-0.2, 0) is 0 Å². The molecular formula is C19H20N2O4. The fourth-order valence-electron chi connectivity index (χ4n) is 3.10. The van der Waals surface area contributed by atoms with E-state index in [2.05, 4.69) is 10.2 Å². The average molecular weight is 340 g/mol. The minimum Gasteiger partial charge on any atom is -0.507 e. The van der Waals surface area contributed by atoms with Gasteiger partial charge in [0.15, 0.2) is 0 Å². The third-order valence-electron chi connectivity index (χ3n) is 4.39. The van der Waals surface area contributed by atoms with E-state index >= 15 is 0 Å². The van der Waals surface area contributed by atoms with Gasteiger partial charge in [-0.3, -0.25) is 4.79 Å². The second-order valence-corrected chi connectivity index (χ2v) is 6.19. The number of carbonyl (C=O) groups excluding carboxylic acids is 1. The van der Waals surface area contributed by atoms with Crippen LogP contribution in [0, 0.1) is 6.92 Å². The number of nitrogens with one attached hydrogen (secondary N) is 1. The Morgan fingerprint density at radius 3 is 2.44 bits per heavy atom. The lowest BCUT2D eigenvalue weighted by molar-refractivity contribution is 0.0693. The first-order chi connectivity index (χ1) is 12.0. The van der Waals surface area contributed by atoms with Gasteiger partial charge in [-0.05, 0) is 61.7 Å². The first-order valence-corrected chi connectivity index (χ1v) is 8.19. The van der Waals surface area contributed by atoms with Crippen molar-refractivity contribution in [3.63, 3.8) is 0 Å². The number of nitrogens with zero attached hydrogens (tertiary/aromatic N) is 1. The maximum absolute atomic E-state index is 12.4. The van der Waals surface area contributed by atoms with E-state index in [0.29, 0.717) is 11.3 Å². The van der Waals surface area contributed by atoms with Crippen LogP contribution in [0.3, 0.4) is 0 Å². The Labute approximate surface area is 145 Å². The number of benzene rings is 2. The molecule has 0 atom stereocenters. The highest BCUT2D eigenvalue weighted by molar-refractivity contribution is 6.05. The molecule has 1 heterocycles. The molecule has 25 heavy (non-hydrogen) atoms. The Balaban J connectivity index is 1.78. The minimum atomic E-state index is -1.25. The number of aromatic hydroxyl groups is 1. The molecule has 0 unspecified atom stereocenters. The zero-order valence-corrected chi connectivity index (χ0v) is 14.0. The van der Waals surface area contributed by atoms with Gasteiger partial charge in [0.1, 0.15) is 11.3 Å². The fourth-order valence-corrected chi connectivity index (χ4v) is 3.10.